The van der Waals surface area contributed by atoms with Gasteiger partial charge in [-0.1, -0.05) is 24.3 Å². The third kappa shape index (κ3) is 5.41. The van der Waals surface area contributed by atoms with E-state index in [9.17, 15) is 9.59 Å². The molecule has 2 fully saturated rings. The molecule has 2 atom stereocenters. The minimum atomic E-state index is 0.00229. The average Bonchev–Trinajstić information content (AvgIpc) is 2.59. The summed E-state index contributed by atoms with van der Waals surface area (Å²) >= 11 is 3.38. The molecule has 1 aromatic rings. The first-order chi connectivity index (χ1) is 11.7. The van der Waals surface area contributed by atoms with Crippen LogP contribution >= 0.6 is 23.5 Å². The van der Waals surface area contributed by atoms with E-state index in [0.29, 0.717) is 12.8 Å². The molecule has 24 heavy (non-hydrogen) atoms. The maximum atomic E-state index is 11.4. The summed E-state index contributed by atoms with van der Waals surface area (Å²) in [4.78, 5) is 22.7. The van der Waals surface area contributed by atoms with Crippen LogP contribution in [-0.4, -0.2) is 35.9 Å². The Morgan fingerprint density at radius 3 is 1.58 bits per heavy atom. The lowest BCUT2D eigenvalue weighted by Gasteiger charge is -2.24. The molecule has 1 aromatic carbocycles. The molecule has 4 N–H and O–H groups in total. The quantitative estimate of drug-likeness (QED) is 0.600. The normalized spacial score (nSPS) is 24.3. The van der Waals surface area contributed by atoms with Gasteiger partial charge >= 0.3 is 0 Å². The Kier molecular flexibility index (Phi) is 6.42. The zero-order chi connectivity index (χ0) is 16.8. The summed E-state index contributed by atoms with van der Waals surface area (Å²) in [5.74, 6) is 1.93. The second kappa shape index (κ2) is 8.75. The van der Waals surface area contributed by atoms with Crippen LogP contribution in [0.5, 0.6) is 0 Å². The lowest BCUT2D eigenvalue weighted by atomic mass is 10.2. The molecule has 2 saturated heterocycles. The summed E-state index contributed by atoms with van der Waals surface area (Å²) in [5, 5.41) is 12.4. The fraction of sp³-hybridized carbons (Fsp3) is 0.500. The van der Waals surface area contributed by atoms with Crippen molar-refractivity contribution in [2.24, 2.45) is 0 Å². The Morgan fingerprint density at radius 1 is 0.792 bits per heavy atom. The molecule has 0 radical (unpaired) electrons. The molecular formula is C16H22N4O2S2. The summed E-state index contributed by atoms with van der Waals surface area (Å²) < 4.78 is 0. The molecule has 130 valence electrons. The van der Waals surface area contributed by atoms with Crippen LogP contribution in [0, 0.1) is 0 Å². The Morgan fingerprint density at radius 2 is 1.21 bits per heavy atom. The number of thioether (sulfide) groups is 2. The van der Waals surface area contributed by atoms with Crippen LogP contribution in [0.2, 0.25) is 0 Å². The maximum Gasteiger partial charge on any atom is 0.223 e. The predicted molar refractivity (Wildman–Crippen MR) is 98.1 cm³/mol. The van der Waals surface area contributed by atoms with Crippen molar-refractivity contribution in [2.45, 2.75) is 35.3 Å². The first kappa shape index (κ1) is 17.6. The van der Waals surface area contributed by atoms with Crippen LogP contribution in [0.4, 0.5) is 0 Å². The van der Waals surface area contributed by atoms with Gasteiger partial charge in [0.05, 0.1) is 0 Å². The van der Waals surface area contributed by atoms with Gasteiger partial charge in [0, 0.05) is 37.4 Å². The van der Waals surface area contributed by atoms with Crippen LogP contribution in [0.1, 0.15) is 24.0 Å². The summed E-state index contributed by atoms with van der Waals surface area (Å²) in [6.07, 6.45) is 1.11. The van der Waals surface area contributed by atoms with Crippen molar-refractivity contribution >= 4 is 35.3 Å². The molecule has 8 heteroatoms. The van der Waals surface area contributed by atoms with Gasteiger partial charge in [-0.3, -0.25) is 20.2 Å². The number of hydrogen-bond acceptors (Lipinski definition) is 6. The van der Waals surface area contributed by atoms with Gasteiger partial charge < -0.3 is 10.6 Å². The summed E-state index contributed by atoms with van der Waals surface area (Å²) in [6, 6.07) is 8.50. The standard InChI is InChI=1S/C16H22N4O2S2/c21-13-5-7-17-15(19-13)23-9-11-1-2-12(4-3-11)10-24-16-18-8-6-14(22)20-16/h1-4,15-18H,5-10H2,(H,19,21)(H,20,22). The highest BCUT2D eigenvalue weighted by molar-refractivity contribution is 7.99. The molecule has 2 aliphatic rings. The molecule has 0 spiro atoms. The molecule has 0 bridgehead atoms. The zero-order valence-electron chi connectivity index (χ0n) is 13.3. The second-order valence-corrected chi connectivity index (χ2v) is 7.93. The van der Waals surface area contributed by atoms with E-state index >= 15 is 0 Å². The lowest BCUT2D eigenvalue weighted by Crippen LogP contribution is -2.49. The highest BCUT2D eigenvalue weighted by Gasteiger charge is 2.18. The molecule has 0 aromatic heterocycles. The lowest BCUT2D eigenvalue weighted by molar-refractivity contribution is -0.123. The van der Waals surface area contributed by atoms with E-state index in [1.807, 2.05) is 0 Å². The molecule has 6 nitrogen and oxygen atoms in total. The second-order valence-electron chi connectivity index (χ2n) is 5.74. The minimum Gasteiger partial charge on any atom is -0.332 e. The Hall–Kier alpha value is -1.22. The largest absolute Gasteiger partial charge is 0.332 e. The van der Waals surface area contributed by atoms with Crippen molar-refractivity contribution in [3.8, 4) is 0 Å². The van der Waals surface area contributed by atoms with Gasteiger partial charge in [0.15, 0.2) is 0 Å². The van der Waals surface area contributed by atoms with Gasteiger partial charge in [0.1, 0.15) is 11.0 Å². The fourth-order valence-electron chi connectivity index (χ4n) is 2.46. The molecule has 2 amide bonds. The Bertz CT molecular complexity index is 531. The number of carbonyl (C=O) groups is 2. The Balaban J connectivity index is 1.41. The number of nitrogens with one attached hydrogen (secondary N) is 4. The molecular weight excluding hydrogens is 344 g/mol. The van der Waals surface area contributed by atoms with Crippen molar-refractivity contribution in [1.29, 1.82) is 0 Å². The molecule has 3 rings (SSSR count). The van der Waals surface area contributed by atoms with E-state index in [1.54, 1.807) is 23.5 Å². The van der Waals surface area contributed by atoms with Crippen molar-refractivity contribution in [3.05, 3.63) is 35.4 Å². The summed E-state index contributed by atoms with van der Waals surface area (Å²) in [7, 11) is 0. The SMILES string of the molecule is O=C1CCNC(SCc2ccc(CSC3NCCC(=O)N3)cc2)N1. The van der Waals surface area contributed by atoms with E-state index in [2.05, 4.69) is 45.5 Å². The highest BCUT2D eigenvalue weighted by atomic mass is 32.2. The number of rotatable bonds is 6. The minimum absolute atomic E-state index is 0.00229. The third-order valence-corrected chi connectivity index (χ3v) is 6.04. The highest BCUT2D eigenvalue weighted by Crippen LogP contribution is 2.20. The summed E-state index contributed by atoms with van der Waals surface area (Å²) in [6.45, 7) is 1.48. The van der Waals surface area contributed by atoms with E-state index < -0.39 is 0 Å². The van der Waals surface area contributed by atoms with Gasteiger partial charge in [-0.05, 0) is 11.1 Å². The monoisotopic (exact) mass is 366 g/mol. The van der Waals surface area contributed by atoms with Crippen LogP contribution in [0.25, 0.3) is 0 Å². The summed E-state index contributed by atoms with van der Waals surface area (Å²) in [5.41, 5.74) is 2.48. The van der Waals surface area contributed by atoms with Crippen molar-refractivity contribution in [2.75, 3.05) is 13.1 Å². The van der Waals surface area contributed by atoms with Gasteiger partial charge in [-0.2, -0.15) is 0 Å². The topological polar surface area (TPSA) is 82.3 Å². The van der Waals surface area contributed by atoms with E-state index in [1.165, 1.54) is 11.1 Å². The van der Waals surface area contributed by atoms with Crippen LogP contribution in [0.15, 0.2) is 24.3 Å². The van der Waals surface area contributed by atoms with E-state index in [0.717, 1.165) is 24.6 Å². The number of carbonyl (C=O) groups excluding carboxylic acids is 2. The van der Waals surface area contributed by atoms with Gasteiger partial charge in [-0.25, -0.2) is 0 Å². The fourth-order valence-corrected chi connectivity index (χ4v) is 4.47. The van der Waals surface area contributed by atoms with Gasteiger partial charge in [-0.15, -0.1) is 23.5 Å². The molecule has 2 aliphatic heterocycles. The molecule has 0 aliphatic carbocycles. The third-order valence-electron chi connectivity index (χ3n) is 3.80. The van der Waals surface area contributed by atoms with Crippen molar-refractivity contribution < 1.29 is 9.59 Å². The zero-order valence-corrected chi connectivity index (χ0v) is 15.0. The number of benzene rings is 1. The number of hydrogen-bond donors (Lipinski definition) is 4. The molecule has 2 heterocycles. The molecule has 2 unspecified atom stereocenters. The van der Waals surface area contributed by atoms with Crippen LogP contribution < -0.4 is 21.3 Å². The number of amides is 2. The smallest absolute Gasteiger partial charge is 0.223 e. The van der Waals surface area contributed by atoms with E-state index in [4.69, 9.17) is 0 Å². The Labute approximate surface area is 150 Å². The van der Waals surface area contributed by atoms with Crippen LogP contribution in [-0.2, 0) is 21.1 Å². The predicted octanol–water partition coefficient (Wildman–Crippen LogP) is 0.939. The van der Waals surface area contributed by atoms with Gasteiger partial charge in [0.2, 0.25) is 11.8 Å². The molecule has 0 saturated carbocycles. The van der Waals surface area contributed by atoms with Crippen LogP contribution in [0.3, 0.4) is 0 Å². The van der Waals surface area contributed by atoms with Crippen molar-refractivity contribution in [3.63, 3.8) is 0 Å². The van der Waals surface area contributed by atoms with Gasteiger partial charge in [0.25, 0.3) is 0 Å². The average molecular weight is 367 g/mol. The van der Waals surface area contributed by atoms with Crippen molar-refractivity contribution in [1.82, 2.24) is 21.3 Å². The first-order valence-electron chi connectivity index (χ1n) is 8.05. The van der Waals surface area contributed by atoms with E-state index in [-0.39, 0.29) is 22.8 Å². The maximum absolute atomic E-state index is 11.4. The first-order valence-corrected chi connectivity index (χ1v) is 10.2.